The molecule has 0 saturated heterocycles. The van der Waals surface area contributed by atoms with E-state index in [1.807, 2.05) is 0 Å². The van der Waals surface area contributed by atoms with Gasteiger partial charge in [0, 0.05) is 23.1 Å². The van der Waals surface area contributed by atoms with Crippen LogP contribution in [0.3, 0.4) is 0 Å². The zero-order chi connectivity index (χ0) is 5.15. The molecular formula is C3H7CuNS2. The van der Waals surface area contributed by atoms with Gasteiger partial charge in [-0.1, -0.05) is 12.2 Å². The van der Waals surface area contributed by atoms with E-state index in [1.165, 1.54) is 0 Å². The van der Waals surface area contributed by atoms with Crippen LogP contribution in [0.25, 0.3) is 0 Å². The van der Waals surface area contributed by atoms with Crippen molar-refractivity contribution < 1.29 is 17.1 Å². The van der Waals surface area contributed by atoms with E-state index < -0.39 is 0 Å². The van der Waals surface area contributed by atoms with Crippen molar-refractivity contribution in [1.29, 1.82) is 0 Å². The smallest absolute Gasteiger partial charge is 0.0613 e. The monoisotopic (exact) mass is 184 g/mol. The molecular weight excluding hydrogens is 178 g/mol. The zero-order valence-electron chi connectivity index (χ0n) is 3.81. The fraction of sp³-hybridized carbons (Fsp3) is 0.667. The molecule has 1 atom stereocenters. The van der Waals surface area contributed by atoms with Gasteiger partial charge in [0.05, 0.1) is 4.20 Å². The Morgan fingerprint density at radius 2 is 2.00 bits per heavy atom. The number of nitrogens with two attached hydrogens (primary N) is 1. The summed E-state index contributed by atoms with van der Waals surface area (Å²) in [6.45, 7) is 1.80. The van der Waals surface area contributed by atoms with Crippen molar-refractivity contribution in [2.45, 2.75) is 13.0 Å². The van der Waals surface area contributed by atoms with Crippen LogP contribution in [0.2, 0.25) is 0 Å². The molecule has 0 aromatic carbocycles. The van der Waals surface area contributed by atoms with Crippen molar-refractivity contribution in [2.24, 2.45) is 5.73 Å². The molecule has 0 aliphatic heterocycles. The summed E-state index contributed by atoms with van der Waals surface area (Å²) in [6.07, 6.45) is 0. The first-order valence-electron chi connectivity index (χ1n) is 1.63. The van der Waals surface area contributed by atoms with E-state index in [4.69, 9.17) is 5.73 Å². The first-order chi connectivity index (χ1) is 2.64. The Bertz CT molecular complexity index is 64.0. The molecule has 0 aliphatic carbocycles. The summed E-state index contributed by atoms with van der Waals surface area (Å²) in [5, 5.41) is 0. The number of thiocarbonyl (C=S) groups is 1. The second-order valence-corrected chi connectivity index (χ2v) is 2.35. The van der Waals surface area contributed by atoms with Gasteiger partial charge in [0.2, 0.25) is 0 Å². The molecule has 7 heavy (non-hydrogen) atoms. The van der Waals surface area contributed by atoms with Gasteiger partial charge in [-0.25, -0.2) is 0 Å². The van der Waals surface area contributed by atoms with E-state index in [-0.39, 0.29) is 23.1 Å². The number of hydrogen-bond acceptors (Lipinski definition) is 2. The minimum Gasteiger partial charge on any atom is -0.323 e. The Kier molecular flexibility index (Phi) is 7.83. The van der Waals surface area contributed by atoms with Gasteiger partial charge in [-0.3, -0.25) is 0 Å². The molecule has 0 amide bonds. The van der Waals surface area contributed by atoms with Gasteiger partial charge in [-0.15, -0.1) is 12.6 Å². The molecule has 0 aromatic heterocycles. The zero-order valence-corrected chi connectivity index (χ0v) is 6.46. The van der Waals surface area contributed by atoms with Crippen LogP contribution in [-0.4, -0.2) is 10.2 Å². The Balaban J connectivity index is 0. The Hall–Kier alpha value is 0.919. The van der Waals surface area contributed by atoms with Gasteiger partial charge in [0.25, 0.3) is 0 Å². The Morgan fingerprint density at radius 1 is 1.86 bits per heavy atom. The van der Waals surface area contributed by atoms with E-state index in [0.29, 0.717) is 4.20 Å². The fourth-order valence-corrected chi connectivity index (χ4v) is 0. The van der Waals surface area contributed by atoms with Crippen LogP contribution in [0.1, 0.15) is 6.92 Å². The largest absolute Gasteiger partial charge is 0.323 e. The third-order valence-corrected chi connectivity index (χ3v) is 1.17. The molecule has 1 unspecified atom stereocenters. The van der Waals surface area contributed by atoms with E-state index in [2.05, 4.69) is 24.8 Å². The van der Waals surface area contributed by atoms with Crippen molar-refractivity contribution in [1.82, 2.24) is 0 Å². The van der Waals surface area contributed by atoms with Crippen molar-refractivity contribution >= 4 is 29.0 Å². The molecule has 0 rings (SSSR count). The Labute approximate surface area is 64.9 Å². The van der Waals surface area contributed by atoms with Gasteiger partial charge in [-0.05, 0) is 6.92 Å². The molecule has 0 aromatic rings. The molecule has 47 valence electrons. The van der Waals surface area contributed by atoms with Gasteiger partial charge >= 0.3 is 0 Å². The Morgan fingerprint density at radius 3 is 2.00 bits per heavy atom. The molecule has 0 fully saturated rings. The minimum atomic E-state index is -0.0525. The van der Waals surface area contributed by atoms with Crippen LogP contribution in [0, 0.1) is 0 Å². The van der Waals surface area contributed by atoms with Gasteiger partial charge in [0.1, 0.15) is 0 Å². The van der Waals surface area contributed by atoms with Gasteiger partial charge < -0.3 is 5.73 Å². The van der Waals surface area contributed by atoms with Crippen molar-refractivity contribution in [3.8, 4) is 0 Å². The number of hydrogen-bond donors (Lipinski definition) is 2. The maximum absolute atomic E-state index is 5.22. The quantitative estimate of drug-likeness (QED) is 0.355. The molecule has 0 saturated carbocycles. The predicted octanol–water partition coefficient (Wildman–Crippen LogP) is 0.588. The van der Waals surface area contributed by atoms with Crippen LogP contribution in [0.15, 0.2) is 0 Å². The number of thiol groups is 1. The third-order valence-electron chi connectivity index (χ3n) is 0.390. The average Bonchev–Trinajstić information content (AvgIpc) is 1.36. The first-order valence-corrected chi connectivity index (χ1v) is 2.48. The second-order valence-electron chi connectivity index (χ2n) is 1.13. The SMILES string of the molecule is CC(N)C(=S)S.[Cu]. The molecule has 0 bridgehead atoms. The standard InChI is InChI=1S/C3H7NS2.Cu/c1-2(4)3(5)6;/h2H,4H2,1H3,(H,5,6);. The molecule has 4 heteroatoms. The summed E-state index contributed by atoms with van der Waals surface area (Å²) in [6, 6.07) is -0.0525. The summed E-state index contributed by atoms with van der Waals surface area (Å²) >= 11 is 8.36. The van der Waals surface area contributed by atoms with E-state index in [0.717, 1.165) is 0 Å². The van der Waals surface area contributed by atoms with Crippen LogP contribution in [0.4, 0.5) is 0 Å². The van der Waals surface area contributed by atoms with Crippen molar-refractivity contribution in [3.63, 3.8) is 0 Å². The molecule has 1 nitrogen and oxygen atoms in total. The maximum atomic E-state index is 5.22. The van der Waals surface area contributed by atoms with Crippen molar-refractivity contribution in [3.05, 3.63) is 0 Å². The van der Waals surface area contributed by atoms with E-state index in [9.17, 15) is 0 Å². The van der Waals surface area contributed by atoms with Crippen molar-refractivity contribution in [2.75, 3.05) is 0 Å². The summed E-state index contributed by atoms with van der Waals surface area (Å²) in [4.78, 5) is 0. The average molecular weight is 185 g/mol. The second kappa shape index (κ2) is 5.06. The third kappa shape index (κ3) is 6.92. The van der Waals surface area contributed by atoms with E-state index >= 15 is 0 Å². The molecule has 0 aliphatic rings. The first kappa shape index (κ1) is 10.8. The summed E-state index contributed by atoms with van der Waals surface area (Å²) < 4.78 is 0.565. The normalized spacial score (nSPS) is 11.9. The minimum absolute atomic E-state index is 0. The summed E-state index contributed by atoms with van der Waals surface area (Å²) in [5.74, 6) is 0. The van der Waals surface area contributed by atoms with E-state index in [1.54, 1.807) is 6.92 Å². The fourth-order valence-electron chi connectivity index (χ4n) is 0. The summed E-state index contributed by atoms with van der Waals surface area (Å²) in [7, 11) is 0. The van der Waals surface area contributed by atoms with Gasteiger partial charge in [-0.2, -0.15) is 0 Å². The van der Waals surface area contributed by atoms with Crippen LogP contribution in [-0.2, 0) is 17.1 Å². The topological polar surface area (TPSA) is 26.0 Å². The molecule has 0 spiro atoms. The molecule has 1 radical (unpaired) electrons. The predicted molar refractivity (Wildman–Crippen MR) is 35.2 cm³/mol. The van der Waals surface area contributed by atoms with Crippen LogP contribution >= 0.6 is 24.8 Å². The number of rotatable bonds is 1. The molecule has 2 N–H and O–H groups in total. The maximum Gasteiger partial charge on any atom is 0.0613 e. The van der Waals surface area contributed by atoms with Crippen LogP contribution < -0.4 is 5.73 Å². The molecule has 0 heterocycles. The summed E-state index contributed by atoms with van der Waals surface area (Å²) in [5.41, 5.74) is 5.22. The van der Waals surface area contributed by atoms with Crippen LogP contribution in [0.5, 0.6) is 0 Å². The van der Waals surface area contributed by atoms with Gasteiger partial charge in [0.15, 0.2) is 0 Å².